The number of halogens is 3. The molecule has 22 heavy (non-hydrogen) atoms. The van der Waals surface area contributed by atoms with Crippen molar-refractivity contribution in [1.29, 1.82) is 0 Å². The van der Waals surface area contributed by atoms with Gasteiger partial charge in [0.15, 0.2) is 0 Å². The van der Waals surface area contributed by atoms with Crippen LogP contribution in [-0.2, 0) is 9.53 Å². The first-order valence-electron chi connectivity index (χ1n) is 6.79. The summed E-state index contributed by atoms with van der Waals surface area (Å²) in [5, 5.41) is 0. The summed E-state index contributed by atoms with van der Waals surface area (Å²) in [6, 6.07) is 18.2. The fourth-order valence-electron chi connectivity index (χ4n) is 2.19. The van der Waals surface area contributed by atoms with E-state index in [2.05, 4.69) is 4.74 Å². The van der Waals surface area contributed by atoms with Crippen molar-refractivity contribution in [2.75, 3.05) is 0 Å². The van der Waals surface area contributed by atoms with Crippen LogP contribution < -0.4 is 0 Å². The summed E-state index contributed by atoms with van der Waals surface area (Å²) in [7, 11) is 0. The molecule has 0 saturated carbocycles. The zero-order valence-electron chi connectivity index (χ0n) is 11.7. The molecule has 0 aliphatic heterocycles. The third-order valence-corrected chi connectivity index (χ3v) is 3.22. The molecule has 1 atom stereocenters. The maximum absolute atomic E-state index is 12.8. The van der Waals surface area contributed by atoms with Crippen molar-refractivity contribution < 1.29 is 22.7 Å². The number of carbonyl (C=O) groups excluding carboxylic acids is 1. The summed E-state index contributed by atoms with van der Waals surface area (Å²) in [5.41, 5.74) is 1.66. The third-order valence-electron chi connectivity index (χ3n) is 3.22. The maximum atomic E-state index is 12.8. The molecule has 0 fully saturated rings. The number of benzene rings is 2. The van der Waals surface area contributed by atoms with Crippen molar-refractivity contribution in [2.45, 2.75) is 25.1 Å². The topological polar surface area (TPSA) is 26.3 Å². The van der Waals surface area contributed by atoms with E-state index in [0.29, 0.717) is 0 Å². The van der Waals surface area contributed by atoms with E-state index in [9.17, 15) is 18.0 Å². The highest BCUT2D eigenvalue weighted by Gasteiger charge is 2.26. The van der Waals surface area contributed by atoms with Crippen molar-refractivity contribution in [3.05, 3.63) is 71.8 Å². The third kappa shape index (κ3) is 4.35. The average molecular weight is 308 g/mol. The Hall–Kier alpha value is -2.30. The molecule has 0 aliphatic carbocycles. The monoisotopic (exact) mass is 308 g/mol. The Bertz CT molecular complexity index is 548. The van der Waals surface area contributed by atoms with Gasteiger partial charge in [-0.3, -0.25) is 4.79 Å². The minimum Gasteiger partial charge on any atom is -0.425 e. The standard InChI is InChI=1S/C17H15F3O2/c18-16(19)17(20)22-15(21)11-14(12-7-3-1-4-8-12)13-9-5-2-6-10-13/h1-10,14,16-17H,11H2. The lowest BCUT2D eigenvalue weighted by Gasteiger charge is -2.18. The fourth-order valence-corrected chi connectivity index (χ4v) is 2.19. The van der Waals surface area contributed by atoms with E-state index in [1.807, 2.05) is 60.7 Å². The van der Waals surface area contributed by atoms with Gasteiger partial charge in [-0.1, -0.05) is 60.7 Å². The number of esters is 1. The molecule has 0 heterocycles. The van der Waals surface area contributed by atoms with Crippen LogP contribution in [0.2, 0.25) is 0 Å². The molecule has 0 amide bonds. The van der Waals surface area contributed by atoms with Gasteiger partial charge in [0.2, 0.25) is 0 Å². The van der Waals surface area contributed by atoms with Crippen LogP contribution in [0.25, 0.3) is 0 Å². The number of hydrogen-bond acceptors (Lipinski definition) is 2. The summed E-state index contributed by atoms with van der Waals surface area (Å²) in [4.78, 5) is 11.7. The molecular formula is C17H15F3O2. The number of rotatable bonds is 6. The summed E-state index contributed by atoms with van der Waals surface area (Å²) in [6.07, 6.45) is -6.43. The zero-order chi connectivity index (χ0) is 15.9. The maximum Gasteiger partial charge on any atom is 0.309 e. The van der Waals surface area contributed by atoms with Gasteiger partial charge >= 0.3 is 18.8 Å². The first kappa shape index (κ1) is 16.1. The van der Waals surface area contributed by atoms with Gasteiger partial charge in [0.25, 0.3) is 0 Å². The van der Waals surface area contributed by atoms with E-state index in [0.717, 1.165) is 11.1 Å². The highest BCUT2D eigenvalue weighted by Crippen LogP contribution is 2.28. The average Bonchev–Trinajstić information content (AvgIpc) is 2.54. The van der Waals surface area contributed by atoms with Crippen molar-refractivity contribution in [2.24, 2.45) is 0 Å². The van der Waals surface area contributed by atoms with Crippen LogP contribution in [-0.4, -0.2) is 18.8 Å². The van der Waals surface area contributed by atoms with Crippen LogP contribution in [0.5, 0.6) is 0 Å². The first-order chi connectivity index (χ1) is 10.6. The second-order valence-corrected chi connectivity index (χ2v) is 4.75. The van der Waals surface area contributed by atoms with Crippen molar-refractivity contribution in [1.82, 2.24) is 0 Å². The largest absolute Gasteiger partial charge is 0.425 e. The van der Waals surface area contributed by atoms with E-state index < -0.39 is 18.8 Å². The number of hydrogen-bond donors (Lipinski definition) is 0. The molecule has 2 rings (SSSR count). The Balaban J connectivity index is 2.18. The zero-order valence-corrected chi connectivity index (χ0v) is 11.7. The van der Waals surface area contributed by atoms with Gasteiger partial charge in [-0.15, -0.1) is 0 Å². The van der Waals surface area contributed by atoms with Crippen LogP contribution in [0, 0.1) is 0 Å². The SMILES string of the molecule is O=C(CC(c1ccccc1)c1ccccc1)OC(F)C(F)F. The second-order valence-electron chi connectivity index (χ2n) is 4.75. The predicted octanol–water partition coefficient (Wildman–Crippen LogP) is 4.31. The minimum absolute atomic E-state index is 0.207. The van der Waals surface area contributed by atoms with Gasteiger partial charge in [0.1, 0.15) is 0 Å². The molecule has 2 aromatic rings. The lowest BCUT2D eigenvalue weighted by atomic mass is 9.89. The van der Waals surface area contributed by atoms with Gasteiger partial charge in [0.05, 0.1) is 6.42 Å². The molecule has 5 heteroatoms. The number of alkyl halides is 3. The molecular weight excluding hydrogens is 293 g/mol. The molecule has 0 spiro atoms. The van der Waals surface area contributed by atoms with E-state index in [4.69, 9.17) is 0 Å². The fraction of sp³-hybridized carbons (Fsp3) is 0.235. The summed E-state index contributed by atoms with van der Waals surface area (Å²) >= 11 is 0. The lowest BCUT2D eigenvalue weighted by molar-refractivity contribution is -0.174. The van der Waals surface area contributed by atoms with E-state index in [1.165, 1.54) is 0 Å². The van der Waals surface area contributed by atoms with Crippen LogP contribution in [0.15, 0.2) is 60.7 Å². The van der Waals surface area contributed by atoms with E-state index in [1.54, 1.807) is 0 Å². The normalized spacial score (nSPS) is 12.4. The Morgan fingerprint density at radius 3 is 1.73 bits per heavy atom. The smallest absolute Gasteiger partial charge is 0.309 e. The molecule has 0 radical (unpaired) electrons. The highest BCUT2D eigenvalue weighted by atomic mass is 19.3. The van der Waals surface area contributed by atoms with Crippen LogP contribution in [0.3, 0.4) is 0 Å². The summed E-state index contributed by atoms with van der Waals surface area (Å²) in [5.74, 6) is -1.37. The van der Waals surface area contributed by atoms with Crippen LogP contribution >= 0.6 is 0 Å². The predicted molar refractivity (Wildman–Crippen MR) is 76.3 cm³/mol. The second kappa shape index (κ2) is 7.64. The Labute approximate surface area is 126 Å². The van der Waals surface area contributed by atoms with E-state index >= 15 is 0 Å². The summed E-state index contributed by atoms with van der Waals surface area (Å²) < 4.78 is 41.2. The van der Waals surface area contributed by atoms with Crippen LogP contribution in [0.1, 0.15) is 23.5 Å². The first-order valence-corrected chi connectivity index (χ1v) is 6.79. The van der Waals surface area contributed by atoms with Gasteiger partial charge in [0, 0.05) is 5.92 Å². The Kier molecular flexibility index (Phi) is 5.58. The van der Waals surface area contributed by atoms with Gasteiger partial charge in [-0.05, 0) is 11.1 Å². The number of ether oxygens (including phenoxy) is 1. The molecule has 0 aromatic heterocycles. The van der Waals surface area contributed by atoms with Gasteiger partial charge in [-0.2, -0.15) is 4.39 Å². The molecule has 1 unspecified atom stereocenters. The molecule has 0 saturated heterocycles. The van der Waals surface area contributed by atoms with Crippen molar-refractivity contribution >= 4 is 5.97 Å². The molecule has 116 valence electrons. The summed E-state index contributed by atoms with van der Waals surface area (Å²) in [6.45, 7) is 0. The van der Waals surface area contributed by atoms with E-state index in [-0.39, 0.29) is 12.3 Å². The lowest BCUT2D eigenvalue weighted by Crippen LogP contribution is -2.22. The van der Waals surface area contributed by atoms with Gasteiger partial charge in [-0.25, -0.2) is 8.78 Å². The number of carbonyl (C=O) groups is 1. The molecule has 2 nitrogen and oxygen atoms in total. The quantitative estimate of drug-likeness (QED) is 0.743. The highest BCUT2D eigenvalue weighted by molar-refractivity contribution is 5.71. The van der Waals surface area contributed by atoms with Crippen molar-refractivity contribution in [3.8, 4) is 0 Å². The molecule has 0 bridgehead atoms. The Morgan fingerprint density at radius 2 is 1.32 bits per heavy atom. The van der Waals surface area contributed by atoms with Gasteiger partial charge < -0.3 is 4.74 Å². The Morgan fingerprint density at radius 1 is 0.864 bits per heavy atom. The molecule has 2 aromatic carbocycles. The molecule has 0 N–H and O–H groups in total. The minimum atomic E-state index is -3.34. The molecule has 0 aliphatic rings. The van der Waals surface area contributed by atoms with Crippen molar-refractivity contribution in [3.63, 3.8) is 0 Å². The van der Waals surface area contributed by atoms with Crippen LogP contribution in [0.4, 0.5) is 13.2 Å².